The van der Waals surface area contributed by atoms with Crippen molar-refractivity contribution in [1.82, 2.24) is 14.9 Å². The van der Waals surface area contributed by atoms with Gasteiger partial charge in [0, 0.05) is 43.0 Å². The van der Waals surface area contributed by atoms with Crippen molar-refractivity contribution in [3.8, 4) is 0 Å². The van der Waals surface area contributed by atoms with E-state index in [1.165, 1.54) is 41.8 Å². The van der Waals surface area contributed by atoms with Crippen molar-refractivity contribution >= 4 is 23.5 Å². The number of H-pyrrole nitrogens is 1. The molecule has 1 aromatic heterocycles. The zero-order valence-electron chi connectivity index (χ0n) is 10.8. The molecule has 0 bridgehead atoms. The van der Waals surface area contributed by atoms with Crippen LogP contribution < -0.4 is 0 Å². The molecule has 0 amide bonds. The Morgan fingerprint density at radius 3 is 2.29 bits per heavy atom. The van der Waals surface area contributed by atoms with Gasteiger partial charge < -0.3 is 4.98 Å². The van der Waals surface area contributed by atoms with E-state index >= 15 is 0 Å². The molecule has 1 aromatic rings. The van der Waals surface area contributed by atoms with E-state index in [2.05, 4.69) is 28.7 Å². The first-order valence-electron chi connectivity index (χ1n) is 6.21. The van der Waals surface area contributed by atoms with Crippen LogP contribution in [0.5, 0.6) is 0 Å². The monoisotopic (exact) mass is 273 g/mol. The second-order valence-corrected chi connectivity index (χ2v) is 6.53. The average molecular weight is 273 g/mol. The van der Waals surface area contributed by atoms with Crippen molar-refractivity contribution in [2.45, 2.75) is 20.4 Å². The lowest BCUT2D eigenvalue weighted by atomic mass is 10.4. The molecule has 17 heavy (non-hydrogen) atoms. The molecule has 0 fully saturated rings. The average Bonchev–Trinajstić information content (AvgIpc) is 2.82. The highest BCUT2D eigenvalue weighted by Crippen LogP contribution is 2.07. The number of hydrogen-bond donors (Lipinski definition) is 1. The number of aromatic amines is 1. The van der Waals surface area contributed by atoms with Crippen LogP contribution in [0.4, 0.5) is 0 Å². The number of hydrogen-bond acceptors (Lipinski definition) is 4. The summed E-state index contributed by atoms with van der Waals surface area (Å²) in [7, 11) is 0. The van der Waals surface area contributed by atoms with Gasteiger partial charge in [0.05, 0.1) is 6.33 Å². The second-order valence-electron chi connectivity index (χ2n) is 3.75. The minimum atomic E-state index is 0.995. The molecule has 0 aromatic carbocycles. The van der Waals surface area contributed by atoms with Gasteiger partial charge in [0.15, 0.2) is 0 Å². The Hall–Kier alpha value is -0.130. The van der Waals surface area contributed by atoms with Gasteiger partial charge in [-0.25, -0.2) is 4.98 Å². The van der Waals surface area contributed by atoms with E-state index in [-0.39, 0.29) is 0 Å². The maximum absolute atomic E-state index is 4.08. The molecule has 0 atom stereocenters. The summed E-state index contributed by atoms with van der Waals surface area (Å²) in [6.45, 7) is 7.77. The number of thioether (sulfide) groups is 2. The van der Waals surface area contributed by atoms with Crippen LogP contribution in [-0.4, -0.2) is 51.0 Å². The van der Waals surface area contributed by atoms with Gasteiger partial charge in [0.25, 0.3) is 0 Å². The molecule has 1 N–H and O–H groups in total. The van der Waals surface area contributed by atoms with E-state index in [1.807, 2.05) is 29.7 Å². The van der Waals surface area contributed by atoms with Crippen molar-refractivity contribution in [3.63, 3.8) is 0 Å². The van der Waals surface area contributed by atoms with Crippen LogP contribution in [0.2, 0.25) is 0 Å². The van der Waals surface area contributed by atoms with Gasteiger partial charge in [-0.3, -0.25) is 4.90 Å². The lowest BCUT2D eigenvalue weighted by Gasteiger charge is -2.21. The largest absolute Gasteiger partial charge is 0.347 e. The first-order valence-corrected chi connectivity index (χ1v) is 8.52. The fourth-order valence-corrected chi connectivity index (χ4v) is 2.91. The number of imidazole rings is 1. The molecule has 0 aliphatic heterocycles. The maximum atomic E-state index is 4.08. The molecular formula is C12H23N3S2. The first-order chi connectivity index (χ1) is 8.36. The van der Waals surface area contributed by atoms with Gasteiger partial charge in [0.2, 0.25) is 0 Å². The molecule has 0 aliphatic rings. The summed E-state index contributed by atoms with van der Waals surface area (Å²) in [4.78, 5) is 9.77. The predicted octanol–water partition coefficient (Wildman–Crippen LogP) is 2.72. The minimum Gasteiger partial charge on any atom is -0.347 e. The van der Waals surface area contributed by atoms with Crippen LogP contribution in [-0.2, 0) is 6.54 Å². The smallest absolute Gasteiger partial charge is 0.0922 e. The predicted molar refractivity (Wildman–Crippen MR) is 79.9 cm³/mol. The zero-order chi connectivity index (χ0) is 12.3. The molecule has 5 heteroatoms. The Labute approximate surface area is 113 Å². The minimum absolute atomic E-state index is 0.995. The number of rotatable bonds is 10. The van der Waals surface area contributed by atoms with Gasteiger partial charge in [-0.2, -0.15) is 23.5 Å². The molecule has 1 heterocycles. The van der Waals surface area contributed by atoms with Crippen LogP contribution in [0.25, 0.3) is 0 Å². The first kappa shape index (κ1) is 14.9. The van der Waals surface area contributed by atoms with Gasteiger partial charge in [-0.15, -0.1) is 0 Å². The Kier molecular flexibility index (Phi) is 8.65. The summed E-state index contributed by atoms with van der Waals surface area (Å²) in [5.74, 6) is 4.87. The maximum Gasteiger partial charge on any atom is 0.0922 e. The van der Waals surface area contributed by atoms with Crippen molar-refractivity contribution in [2.75, 3.05) is 36.1 Å². The third-order valence-electron chi connectivity index (χ3n) is 2.46. The standard InChI is InChI=1S/C12H23N3S2/c1-3-16-7-5-15(6-8-17-4-2)10-12-9-13-11-14-12/h9,11H,3-8,10H2,1-2H3,(H,13,14). The summed E-state index contributed by atoms with van der Waals surface area (Å²) < 4.78 is 0. The van der Waals surface area contributed by atoms with Crippen molar-refractivity contribution < 1.29 is 0 Å². The van der Waals surface area contributed by atoms with Gasteiger partial charge in [-0.05, 0) is 11.5 Å². The topological polar surface area (TPSA) is 31.9 Å². The SMILES string of the molecule is CCSCCN(CCSCC)Cc1cnc[nH]1. The lowest BCUT2D eigenvalue weighted by molar-refractivity contribution is 0.298. The molecule has 3 nitrogen and oxygen atoms in total. The molecule has 1 rings (SSSR count). The summed E-state index contributed by atoms with van der Waals surface area (Å²) in [5.41, 5.74) is 1.22. The van der Waals surface area contributed by atoms with Gasteiger partial charge in [-0.1, -0.05) is 13.8 Å². The Morgan fingerprint density at radius 1 is 1.18 bits per heavy atom. The molecular weight excluding hydrogens is 250 g/mol. The number of nitrogens with one attached hydrogen (secondary N) is 1. The summed E-state index contributed by atoms with van der Waals surface area (Å²) in [5, 5.41) is 0. The second kappa shape index (κ2) is 9.85. The molecule has 0 saturated carbocycles. The third-order valence-corrected chi connectivity index (χ3v) is 4.22. The molecule has 0 spiro atoms. The van der Waals surface area contributed by atoms with E-state index in [0.29, 0.717) is 0 Å². The van der Waals surface area contributed by atoms with E-state index in [1.54, 1.807) is 6.33 Å². The lowest BCUT2D eigenvalue weighted by Crippen LogP contribution is -2.28. The van der Waals surface area contributed by atoms with Crippen molar-refractivity contribution in [3.05, 3.63) is 18.2 Å². The van der Waals surface area contributed by atoms with Crippen molar-refractivity contribution in [2.24, 2.45) is 0 Å². The highest BCUT2D eigenvalue weighted by atomic mass is 32.2. The fraction of sp³-hybridized carbons (Fsp3) is 0.750. The third kappa shape index (κ3) is 7.01. The highest BCUT2D eigenvalue weighted by molar-refractivity contribution is 7.99. The molecule has 0 radical (unpaired) electrons. The van der Waals surface area contributed by atoms with Crippen molar-refractivity contribution in [1.29, 1.82) is 0 Å². The van der Waals surface area contributed by atoms with E-state index in [4.69, 9.17) is 0 Å². The van der Waals surface area contributed by atoms with Crippen LogP contribution in [0.15, 0.2) is 12.5 Å². The van der Waals surface area contributed by atoms with Gasteiger partial charge in [0.1, 0.15) is 0 Å². The van der Waals surface area contributed by atoms with Crippen LogP contribution >= 0.6 is 23.5 Å². The van der Waals surface area contributed by atoms with Crippen LogP contribution in [0.1, 0.15) is 19.5 Å². The Morgan fingerprint density at radius 2 is 1.82 bits per heavy atom. The number of nitrogens with zero attached hydrogens (tertiary/aromatic N) is 2. The molecule has 0 unspecified atom stereocenters. The Bertz CT molecular complexity index is 255. The quantitative estimate of drug-likeness (QED) is 0.664. The van der Waals surface area contributed by atoms with E-state index in [0.717, 1.165) is 6.54 Å². The summed E-state index contributed by atoms with van der Waals surface area (Å²) >= 11 is 4.03. The molecule has 98 valence electrons. The Balaban J connectivity index is 2.29. The van der Waals surface area contributed by atoms with Gasteiger partial charge >= 0.3 is 0 Å². The fourth-order valence-electron chi connectivity index (χ4n) is 1.56. The highest BCUT2D eigenvalue weighted by Gasteiger charge is 2.06. The molecule has 0 aliphatic carbocycles. The van der Waals surface area contributed by atoms with E-state index in [9.17, 15) is 0 Å². The summed E-state index contributed by atoms with van der Waals surface area (Å²) in [6.07, 6.45) is 3.68. The molecule has 0 saturated heterocycles. The van der Waals surface area contributed by atoms with Crippen LogP contribution in [0, 0.1) is 0 Å². The number of aromatic nitrogens is 2. The normalized spacial score (nSPS) is 11.2. The zero-order valence-corrected chi connectivity index (χ0v) is 12.4. The van der Waals surface area contributed by atoms with Crippen LogP contribution in [0.3, 0.4) is 0 Å². The summed E-state index contributed by atoms with van der Waals surface area (Å²) in [6, 6.07) is 0. The van der Waals surface area contributed by atoms with E-state index < -0.39 is 0 Å².